The zero-order chi connectivity index (χ0) is 17.8. The smallest absolute Gasteiger partial charge is 0.260 e. The summed E-state index contributed by atoms with van der Waals surface area (Å²) < 4.78 is 0. The van der Waals surface area contributed by atoms with Crippen molar-refractivity contribution < 1.29 is 14.4 Å². The number of carbonyl (C=O) groups excluding carboxylic acids is 3. The molecule has 1 aliphatic rings. The molecular formula is C17H16N4O3S. The topological polar surface area (TPSA) is 105 Å². The van der Waals surface area contributed by atoms with Crippen LogP contribution >= 0.6 is 11.3 Å². The van der Waals surface area contributed by atoms with E-state index in [2.05, 4.69) is 10.3 Å². The van der Waals surface area contributed by atoms with Crippen molar-refractivity contribution >= 4 is 46.0 Å². The predicted molar refractivity (Wildman–Crippen MR) is 96.3 cm³/mol. The largest absolute Gasteiger partial charge is 0.365 e. The van der Waals surface area contributed by atoms with E-state index < -0.39 is 5.91 Å². The Morgan fingerprint density at radius 1 is 1.28 bits per heavy atom. The third kappa shape index (κ3) is 4.10. The Morgan fingerprint density at radius 3 is 2.64 bits per heavy atom. The molecule has 3 amide bonds. The second kappa shape index (κ2) is 7.27. The summed E-state index contributed by atoms with van der Waals surface area (Å²) in [4.78, 5) is 40.6. The molecule has 25 heavy (non-hydrogen) atoms. The fourth-order valence-corrected chi connectivity index (χ4v) is 3.12. The van der Waals surface area contributed by atoms with E-state index in [0.29, 0.717) is 11.6 Å². The van der Waals surface area contributed by atoms with Gasteiger partial charge in [0, 0.05) is 24.7 Å². The molecule has 1 saturated heterocycles. The van der Waals surface area contributed by atoms with Crippen LogP contribution in [0.25, 0.3) is 6.08 Å². The van der Waals surface area contributed by atoms with Crippen molar-refractivity contribution in [1.82, 2.24) is 4.98 Å². The Labute approximate surface area is 148 Å². The second-order valence-corrected chi connectivity index (χ2v) is 6.49. The van der Waals surface area contributed by atoms with Crippen molar-refractivity contribution in [2.24, 2.45) is 5.73 Å². The summed E-state index contributed by atoms with van der Waals surface area (Å²) in [5.41, 5.74) is 6.84. The molecule has 0 aliphatic carbocycles. The first-order valence-electron chi connectivity index (χ1n) is 7.68. The van der Waals surface area contributed by atoms with E-state index in [1.807, 2.05) is 24.3 Å². The number of nitrogens with zero attached hydrogens (tertiary/aromatic N) is 2. The summed E-state index contributed by atoms with van der Waals surface area (Å²) in [7, 11) is 0. The fraction of sp³-hybridized carbons (Fsp3) is 0.176. The van der Waals surface area contributed by atoms with E-state index in [0.717, 1.165) is 35.6 Å². The van der Waals surface area contributed by atoms with Gasteiger partial charge in [-0.3, -0.25) is 19.7 Å². The van der Waals surface area contributed by atoms with Crippen LogP contribution in [0.3, 0.4) is 0 Å². The molecule has 0 bridgehead atoms. The van der Waals surface area contributed by atoms with Gasteiger partial charge in [-0.25, -0.2) is 4.98 Å². The highest BCUT2D eigenvalue weighted by atomic mass is 32.1. The van der Waals surface area contributed by atoms with Gasteiger partial charge in [0.2, 0.25) is 11.8 Å². The van der Waals surface area contributed by atoms with E-state index in [-0.39, 0.29) is 16.7 Å². The number of hydrogen-bond acceptors (Lipinski definition) is 5. The monoisotopic (exact) mass is 356 g/mol. The second-order valence-electron chi connectivity index (χ2n) is 5.46. The van der Waals surface area contributed by atoms with Gasteiger partial charge < -0.3 is 10.6 Å². The number of carbonyl (C=O) groups is 3. The zero-order valence-corrected chi connectivity index (χ0v) is 14.1. The van der Waals surface area contributed by atoms with Crippen LogP contribution in [-0.4, -0.2) is 29.3 Å². The molecular weight excluding hydrogens is 340 g/mol. The quantitative estimate of drug-likeness (QED) is 0.800. The Morgan fingerprint density at radius 2 is 2.04 bits per heavy atom. The van der Waals surface area contributed by atoms with Crippen LogP contribution in [0.15, 0.2) is 36.5 Å². The normalized spacial score (nSPS) is 14.2. The van der Waals surface area contributed by atoms with Crippen LogP contribution in [0, 0.1) is 0 Å². The van der Waals surface area contributed by atoms with Crippen molar-refractivity contribution in [3.05, 3.63) is 47.0 Å². The lowest BCUT2D eigenvalue weighted by atomic mass is 10.2. The first kappa shape index (κ1) is 16.8. The average molecular weight is 356 g/mol. The Hall–Kier alpha value is -3.00. The van der Waals surface area contributed by atoms with Gasteiger partial charge >= 0.3 is 0 Å². The zero-order valence-electron chi connectivity index (χ0n) is 13.3. The standard InChI is InChI=1S/C17H16N4O3S/c18-16(24)13-10-19-17(25-13)20-14(22)8-5-11-3-6-12(7-4-11)21-9-1-2-15(21)23/h3-8,10H,1-2,9H2,(H2,18,24)(H,19,20,22)/b8-5+. The SMILES string of the molecule is NC(=O)c1cnc(NC(=O)/C=C/c2ccc(N3CCCC3=O)cc2)s1. The summed E-state index contributed by atoms with van der Waals surface area (Å²) in [6, 6.07) is 7.42. The Bertz CT molecular complexity index is 842. The van der Waals surface area contributed by atoms with E-state index in [4.69, 9.17) is 5.73 Å². The minimum Gasteiger partial charge on any atom is -0.365 e. The number of nitrogens with two attached hydrogens (primary N) is 1. The van der Waals surface area contributed by atoms with E-state index in [1.54, 1.807) is 11.0 Å². The van der Waals surface area contributed by atoms with Gasteiger partial charge in [-0.15, -0.1) is 0 Å². The first-order chi connectivity index (χ1) is 12.0. The number of rotatable bonds is 5. The van der Waals surface area contributed by atoms with Crippen LogP contribution in [0.2, 0.25) is 0 Å². The molecule has 3 rings (SSSR count). The molecule has 2 aromatic rings. The Kier molecular flexibility index (Phi) is 4.90. The summed E-state index contributed by atoms with van der Waals surface area (Å²) in [6.07, 6.45) is 5.84. The molecule has 0 unspecified atom stereocenters. The molecule has 1 aromatic heterocycles. The van der Waals surface area contributed by atoms with E-state index >= 15 is 0 Å². The number of primary amides is 1. The molecule has 1 fully saturated rings. The number of nitrogens with one attached hydrogen (secondary N) is 1. The molecule has 0 atom stereocenters. The molecule has 8 heteroatoms. The molecule has 3 N–H and O–H groups in total. The number of benzene rings is 1. The molecule has 2 heterocycles. The van der Waals surface area contributed by atoms with Gasteiger partial charge in [0.05, 0.1) is 6.20 Å². The highest BCUT2D eigenvalue weighted by Crippen LogP contribution is 2.22. The minimum absolute atomic E-state index is 0.140. The van der Waals surface area contributed by atoms with Crippen molar-refractivity contribution in [3.8, 4) is 0 Å². The summed E-state index contributed by atoms with van der Waals surface area (Å²) >= 11 is 1.02. The maximum atomic E-state index is 11.9. The van der Waals surface area contributed by atoms with E-state index in [9.17, 15) is 14.4 Å². The third-order valence-electron chi connectivity index (χ3n) is 3.68. The maximum Gasteiger partial charge on any atom is 0.260 e. The average Bonchev–Trinajstić information content (AvgIpc) is 3.22. The molecule has 128 valence electrons. The number of aromatic nitrogens is 1. The number of anilines is 2. The molecule has 0 radical (unpaired) electrons. The van der Waals surface area contributed by atoms with Crippen molar-refractivity contribution in [2.45, 2.75) is 12.8 Å². The van der Waals surface area contributed by atoms with Crippen LogP contribution in [0.1, 0.15) is 28.1 Å². The van der Waals surface area contributed by atoms with Gasteiger partial charge in [-0.05, 0) is 30.2 Å². The third-order valence-corrected chi connectivity index (χ3v) is 4.61. The Balaban J connectivity index is 1.60. The van der Waals surface area contributed by atoms with Gasteiger partial charge in [-0.2, -0.15) is 0 Å². The predicted octanol–water partition coefficient (Wildman–Crippen LogP) is 2.02. The van der Waals surface area contributed by atoms with Crippen molar-refractivity contribution in [3.63, 3.8) is 0 Å². The number of hydrogen-bond donors (Lipinski definition) is 2. The van der Waals surface area contributed by atoms with Crippen molar-refractivity contribution in [2.75, 3.05) is 16.8 Å². The highest BCUT2D eigenvalue weighted by Gasteiger charge is 2.21. The summed E-state index contributed by atoms with van der Waals surface area (Å²) in [5, 5.41) is 2.88. The van der Waals surface area contributed by atoms with E-state index in [1.165, 1.54) is 12.3 Å². The number of amides is 3. The van der Waals surface area contributed by atoms with Crippen molar-refractivity contribution in [1.29, 1.82) is 0 Å². The van der Waals surface area contributed by atoms with Crippen LogP contribution < -0.4 is 16.0 Å². The van der Waals surface area contributed by atoms with Gasteiger partial charge in [-0.1, -0.05) is 23.5 Å². The fourth-order valence-electron chi connectivity index (χ4n) is 2.45. The maximum absolute atomic E-state index is 11.9. The number of thiazole rings is 1. The summed E-state index contributed by atoms with van der Waals surface area (Å²) in [6.45, 7) is 0.748. The van der Waals surface area contributed by atoms with Crippen LogP contribution in [0.4, 0.5) is 10.8 Å². The minimum atomic E-state index is -0.579. The lowest BCUT2D eigenvalue weighted by molar-refractivity contribution is -0.117. The highest BCUT2D eigenvalue weighted by molar-refractivity contribution is 7.17. The van der Waals surface area contributed by atoms with Gasteiger partial charge in [0.25, 0.3) is 5.91 Å². The molecule has 1 aromatic carbocycles. The van der Waals surface area contributed by atoms with Gasteiger partial charge in [0.15, 0.2) is 5.13 Å². The van der Waals surface area contributed by atoms with Gasteiger partial charge in [0.1, 0.15) is 4.88 Å². The molecule has 0 spiro atoms. The first-order valence-corrected chi connectivity index (χ1v) is 8.50. The molecule has 1 aliphatic heterocycles. The van der Waals surface area contributed by atoms with Crippen LogP contribution in [-0.2, 0) is 9.59 Å². The van der Waals surface area contributed by atoms with Crippen LogP contribution in [0.5, 0.6) is 0 Å². The lowest BCUT2D eigenvalue weighted by Crippen LogP contribution is -2.23. The molecule has 7 nitrogen and oxygen atoms in total. The molecule has 0 saturated carbocycles. The lowest BCUT2D eigenvalue weighted by Gasteiger charge is -2.15. The summed E-state index contributed by atoms with van der Waals surface area (Å²) in [5.74, 6) is -0.796.